The molecule has 0 saturated carbocycles. The van der Waals surface area contributed by atoms with Gasteiger partial charge in [0, 0.05) is 0 Å². The molecule has 216 valence electrons. The molecule has 0 radical (unpaired) electrons. The van der Waals surface area contributed by atoms with E-state index in [4.69, 9.17) is 18.6 Å². The van der Waals surface area contributed by atoms with Crippen LogP contribution >= 0.6 is 0 Å². The van der Waals surface area contributed by atoms with Gasteiger partial charge in [-0.3, -0.25) is 0 Å². The van der Waals surface area contributed by atoms with Crippen molar-refractivity contribution in [2.75, 3.05) is 0 Å². The maximum atomic E-state index is 6.60. The summed E-state index contributed by atoms with van der Waals surface area (Å²) in [5.41, 5.74) is 1.80. The minimum atomic E-state index is -0.435. The van der Waals surface area contributed by atoms with Crippen molar-refractivity contribution in [1.29, 1.82) is 0 Å². The van der Waals surface area contributed by atoms with Crippen LogP contribution in [0.3, 0.4) is 0 Å². The number of hydrogen-bond donors (Lipinski definition) is 0. The first-order valence-corrected chi connectivity index (χ1v) is 15.3. The Morgan fingerprint density at radius 1 is 0.476 bits per heavy atom. The maximum Gasteiger partial charge on any atom is 0.495 e. The largest absolute Gasteiger partial charge is 0.495 e. The van der Waals surface area contributed by atoms with Gasteiger partial charge in [-0.15, -0.1) is 0 Å². The minimum Gasteiger partial charge on any atom is -0.399 e. The van der Waals surface area contributed by atoms with Gasteiger partial charge >= 0.3 is 14.2 Å². The van der Waals surface area contributed by atoms with Crippen LogP contribution in [0.4, 0.5) is 0 Å². The Balaban J connectivity index is 1.54. The van der Waals surface area contributed by atoms with Gasteiger partial charge in [0.05, 0.1) is 22.4 Å². The Labute approximate surface area is 250 Å². The van der Waals surface area contributed by atoms with E-state index < -0.39 is 36.6 Å². The lowest BCUT2D eigenvalue weighted by atomic mass is 9.71. The van der Waals surface area contributed by atoms with Crippen molar-refractivity contribution in [1.82, 2.24) is 0 Å². The standard InChI is InChI=1S/C36H42B2O4/c1-32(2,3)21-19-26-22-13-12-14-25-28(37-39-33(4,5)34(6,7)40-37)17-15-23(30(22)25)24-16-18-29(27(20-21)31(24)26)38-41-35(8,9)36(10,11)42-38/h12-20H,1-11H3. The summed E-state index contributed by atoms with van der Waals surface area (Å²) in [6, 6.07) is 20.4. The molecule has 0 amide bonds. The van der Waals surface area contributed by atoms with Crippen LogP contribution < -0.4 is 10.9 Å². The van der Waals surface area contributed by atoms with E-state index in [0.29, 0.717) is 0 Å². The number of fused-ring (bicyclic) bond motifs is 2. The zero-order valence-electron chi connectivity index (χ0n) is 27.0. The summed E-state index contributed by atoms with van der Waals surface area (Å²) in [6.07, 6.45) is 0. The molecular formula is C36H42B2O4. The molecule has 4 nitrogen and oxygen atoms in total. The summed E-state index contributed by atoms with van der Waals surface area (Å²) >= 11 is 0. The summed E-state index contributed by atoms with van der Waals surface area (Å²) in [5, 5.41) is 9.88. The van der Waals surface area contributed by atoms with Crippen LogP contribution in [0, 0.1) is 0 Å². The predicted molar refractivity (Wildman–Crippen MR) is 178 cm³/mol. The average molecular weight is 560 g/mol. The molecule has 5 aromatic carbocycles. The molecule has 5 aromatic rings. The van der Waals surface area contributed by atoms with Gasteiger partial charge in [-0.2, -0.15) is 0 Å². The molecule has 7 rings (SSSR count). The molecule has 2 heterocycles. The first-order chi connectivity index (χ1) is 19.4. The predicted octanol–water partition coefficient (Wildman–Crippen LogP) is 7.63. The van der Waals surface area contributed by atoms with Gasteiger partial charge in [-0.1, -0.05) is 69.3 Å². The molecular weight excluding hydrogens is 518 g/mol. The Morgan fingerprint density at radius 2 is 0.857 bits per heavy atom. The lowest BCUT2D eigenvalue weighted by Gasteiger charge is -2.32. The SMILES string of the molecule is CC(C)(C)c1cc2c(B3OC(C)(C)C(C)(C)O3)ccc3c4ccc(B5OC(C)(C)C(C)(C)O5)c5cccc(c(c1)c23)c54. The molecule has 2 aliphatic heterocycles. The van der Waals surface area contributed by atoms with E-state index in [2.05, 4.69) is 131 Å². The van der Waals surface area contributed by atoms with Gasteiger partial charge in [-0.25, -0.2) is 0 Å². The molecule has 2 saturated heterocycles. The Morgan fingerprint density at radius 3 is 1.33 bits per heavy atom. The molecule has 2 aliphatic rings. The highest BCUT2D eigenvalue weighted by atomic mass is 16.7. The van der Waals surface area contributed by atoms with Crippen molar-refractivity contribution in [3.05, 3.63) is 60.2 Å². The van der Waals surface area contributed by atoms with Crippen LogP contribution in [-0.2, 0) is 24.0 Å². The van der Waals surface area contributed by atoms with Crippen molar-refractivity contribution in [2.24, 2.45) is 0 Å². The molecule has 0 bridgehead atoms. The van der Waals surface area contributed by atoms with Crippen molar-refractivity contribution in [3.8, 4) is 0 Å². The normalized spacial score (nSPS) is 21.5. The second kappa shape index (κ2) is 8.51. The molecule has 0 spiro atoms. The molecule has 42 heavy (non-hydrogen) atoms. The Bertz CT molecular complexity index is 1860. The highest BCUT2D eigenvalue weighted by molar-refractivity contribution is 6.67. The summed E-state index contributed by atoms with van der Waals surface area (Å²) in [4.78, 5) is 0. The van der Waals surface area contributed by atoms with E-state index in [1.54, 1.807) is 0 Å². The topological polar surface area (TPSA) is 36.9 Å². The zero-order valence-corrected chi connectivity index (χ0v) is 27.0. The van der Waals surface area contributed by atoms with Crippen molar-refractivity contribution in [2.45, 2.75) is 104 Å². The summed E-state index contributed by atoms with van der Waals surface area (Å²) in [7, 11) is -0.859. The van der Waals surface area contributed by atoms with Gasteiger partial charge in [0.15, 0.2) is 0 Å². The Hall–Kier alpha value is -2.63. The van der Waals surface area contributed by atoms with Gasteiger partial charge in [0.25, 0.3) is 0 Å². The van der Waals surface area contributed by atoms with Crippen molar-refractivity contribution in [3.63, 3.8) is 0 Å². The summed E-state index contributed by atoms with van der Waals surface area (Å²) in [6.45, 7) is 23.8. The second-order valence-corrected chi connectivity index (χ2v) is 15.5. The monoisotopic (exact) mass is 560 g/mol. The van der Waals surface area contributed by atoms with Crippen LogP contribution in [0.2, 0.25) is 0 Å². The lowest BCUT2D eigenvalue weighted by Crippen LogP contribution is -2.41. The fourth-order valence-electron chi connectivity index (χ4n) is 6.61. The molecule has 0 aliphatic carbocycles. The smallest absolute Gasteiger partial charge is 0.399 e. The molecule has 0 N–H and O–H groups in total. The van der Waals surface area contributed by atoms with Crippen LogP contribution in [0.25, 0.3) is 43.1 Å². The molecule has 0 aromatic heterocycles. The fraction of sp³-hybridized carbons (Fsp3) is 0.444. The number of hydrogen-bond acceptors (Lipinski definition) is 4. The van der Waals surface area contributed by atoms with E-state index >= 15 is 0 Å². The van der Waals surface area contributed by atoms with Gasteiger partial charge in [0.1, 0.15) is 0 Å². The highest BCUT2D eigenvalue weighted by Gasteiger charge is 2.53. The third-order valence-electron chi connectivity index (χ3n) is 10.7. The van der Waals surface area contributed by atoms with E-state index in [9.17, 15) is 0 Å². The summed E-state index contributed by atoms with van der Waals surface area (Å²) < 4.78 is 26.3. The number of benzene rings is 5. The third-order valence-corrected chi connectivity index (χ3v) is 10.7. The van der Waals surface area contributed by atoms with Crippen LogP contribution in [0.1, 0.15) is 81.7 Å². The van der Waals surface area contributed by atoms with Crippen LogP contribution in [0.15, 0.2) is 54.6 Å². The van der Waals surface area contributed by atoms with E-state index in [1.807, 2.05) is 0 Å². The maximum absolute atomic E-state index is 6.60. The quantitative estimate of drug-likeness (QED) is 0.126. The third kappa shape index (κ3) is 3.85. The molecule has 6 heteroatoms. The fourth-order valence-corrected chi connectivity index (χ4v) is 6.61. The highest BCUT2D eigenvalue weighted by Crippen LogP contribution is 2.44. The molecule has 0 atom stereocenters. The minimum absolute atomic E-state index is 0.0351. The zero-order chi connectivity index (χ0) is 30.2. The average Bonchev–Trinajstić information content (AvgIpc) is 3.24. The van der Waals surface area contributed by atoms with Gasteiger partial charge in [-0.05, 0) is 126 Å². The lowest BCUT2D eigenvalue weighted by molar-refractivity contribution is 0.00578. The molecule has 2 fully saturated rings. The first kappa shape index (κ1) is 28.2. The van der Waals surface area contributed by atoms with E-state index in [-0.39, 0.29) is 5.41 Å². The van der Waals surface area contributed by atoms with Crippen LogP contribution in [0.5, 0.6) is 0 Å². The van der Waals surface area contributed by atoms with Crippen molar-refractivity contribution < 1.29 is 18.6 Å². The second-order valence-electron chi connectivity index (χ2n) is 15.5. The van der Waals surface area contributed by atoms with Gasteiger partial charge < -0.3 is 18.6 Å². The van der Waals surface area contributed by atoms with Crippen molar-refractivity contribution >= 4 is 68.3 Å². The van der Waals surface area contributed by atoms with Gasteiger partial charge in [0.2, 0.25) is 0 Å². The Kier molecular flexibility index (Phi) is 5.70. The number of rotatable bonds is 2. The molecule has 0 unspecified atom stereocenters. The van der Waals surface area contributed by atoms with Crippen LogP contribution in [-0.4, -0.2) is 36.6 Å². The van der Waals surface area contributed by atoms with E-state index in [1.165, 1.54) is 48.7 Å². The van der Waals surface area contributed by atoms with E-state index in [0.717, 1.165) is 10.9 Å². The first-order valence-electron chi connectivity index (χ1n) is 15.3. The summed E-state index contributed by atoms with van der Waals surface area (Å²) in [5.74, 6) is 0.